The van der Waals surface area contributed by atoms with Gasteiger partial charge in [0.15, 0.2) is 0 Å². The molecule has 0 saturated carbocycles. The van der Waals surface area contributed by atoms with Gasteiger partial charge in [-0.3, -0.25) is 9.11 Å². The topological polar surface area (TPSA) is 145 Å². The molecule has 0 unspecified atom stereocenters. The summed E-state index contributed by atoms with van der Waals surface area (Å²) >= 11 is 0. The van der Waals surface area contributed by atoms with Crippen LogP contribution in [0.15, 0.2) is 70.5 Å². The summed E-state index contributed by atoms with van der Waals surface area (Å²) in [4.78, 5) is 2.75. The third-order valence-electron chi connectivity index (χ3n) is 8.83. The van der Waals surface area contributed by atoms with Crippen LogP contribution >= 0.6 is 0 Å². The van der Waals surface area contributed by atoms with E-state index in [9.17, 15) is 31.5 Å². The summed E-state index contributed by atoms with van der Waals surface area (Å²) < 4.78 is 75.4. The van der Waals surface area contributed by atoms with E-state index in [-0.39, 0.29) is 40.8 Å². The predicted octanol–water partition coefficient (Wildman–Crippen LogP) is 6.98. The van der Waals surface area contributed by atoms with Gasteiger partial charge in [0.2, 0.25) is 0 Å². The van der Waals surface area contributed by atoms with E-state index in [1.54, 1.807) is 12.1 Å². The first-order valence-corrected chi connectivity index (χ1v) is 17.5. The molecule has 0 aromatic heterocycles. The molecule has 6 rings (SSSR count). The van der Waals surface area contributed by atoms with E-state index >= 15 is 0 Å². The van der Waals surface area contributed by atoms with E-state index in [0.717, 1.165) is 22.3 Å². The van der Waals surface area contributed by atoms with Crippen molar-refractivity contribution in [3.63, 3.8) is 0 Å². The molecule has 4 aromatic carbocycles. The lowest BCUT2D eigenvalue weighted by Gasteiger charge is -2.27. The fourth-order valence-corrected chi connectivity index (χ4v) is 9.13. The van der Waals surface area contributed by atoms with Crippen LogP contribution in [0.5, 0.6) is 0 Å². The third-order valence-corrected chi connectivity index (χ3v) is 10.7. The van der Waals surface area contributed by atoms with Crippen LogP contribution in [-0.4, -0.2) is 36.4 Å². The van der Waals surface area contributed by atoms with Gasteiger partial charge in [0.25, 0.3) is 20.2 Å². The van der Waals surface area contributed by atoms with Gasteiger partial charge in [-0.05, 0) is 91.4 Å². The predicted molar refractivity (Wildman–Crippen MR) is 173 cm³/mol. The Morgan fingerprint density at radius 1 is 0.644 bits per heavy atom. The van der Waals surface area contributed by atoms with Gasteiger partial charge in [-0.1, -0.05) is 90.1 Å². The molecular formula is C35H34N2O6S2. The first kappa shape index (κ1) is 31.1. The second kappa shape index (κ2) is 10.0. The molecule has 2 aliphatic carbocycles. The van der Waals surface area contributed by atoms with Crippen LogP contribution < -0.4 is 0 Å². The average molecular weight is 643 g/mol. The minimum absolute atomic E-state index is 0.0901. The number of benzene rings is 4. The minimum atomic E-state index is -4.98. The Kier molecular flexibility index (Phi) is 6.93. The molecule has 4 aromatic rings. The Hall–Kier alpha value is -3.92. The molecule has 0 atom stereocenters. The molecule has 2 aliphatic rings. The highest BCUT2D eigenvalue weighted by Crippen LogP contribution is 2.49. The Morgan fingerprint density at radius 2 is 1.00 bits per heavy atom. The van der Waals surface area contributed by atoms with Crippen molar-refractivity contribution in [2.75, 3.05) is 0 Å². The highest BCUT2D eigenvalue weighted by molar-refractivity contribution is 7.86. The van der Waals surface area contributed by atoms with Crippen molar-refractivity contribution in [1.82, 2.24) is 0 Å². The van der Waals surface area contributed by atoms with Crippen molar-refractivity contribution in [3.8, 4) is 22.3 Å². The zero-order chi connectivity index (χ0) is 32.9. The largest absolute Gasteiger partial charge is 0.361 e. The van der Waals surface area contributed by atoms with Crippen molar-refractivity contribution in [2.45, 2.75) is 75.0 Å². The second-order valence-electron chi connectivity index (χ2n) is 13.9. The molecule has 0 heterocycles. The second-order valence-corrected chi connectivity index (χ2v) is 16.6. The van der Waals surface area contributed by atoms with Gasteiger partial charge in [-0.15, -0.1) is 0 Å². The van der Waals surface area contributed by atoms with Crippen LogP contribution in [0.4, 0.5) is 0 Å². The summed E-state index contributed by atoms with van der Waals surface area (Å²) in [7, 11) is -9.96. The molecule has 0 spiro atoms. The molecular weight excluding hydrogens is 609 g/mol. The molecule has 232 valence electrons. The van der Waals surface area contributed by atoms with Crippen molar-refractivity contribution in [3.05, 3.63) is 111 Å². The average Bonchev–Trinajstić information content (AvgIpc) is 3.49. The van der Waals surface area contributed by atoms with E-state index in [1.165, 1.54) is 0 Å². The smallest absolute Gasteiger partial charge is 0.333 e. The third kappa shape index (κ3) is 4.98. The van der Waals surface area contributed by atoms with Gasteiger partial charge in [-0.25, -0.2) is 0 Å². The van der Waals surface area contributed by atoms with Crippen LogP contribution in [0.2, 0.25) is 0 Å². The first-order chi connectivity index (χ1) is 20.8. The van der Waals surface area contributed by atoms with E-state index in [0.29, 0.717) is 22.3 Å². The summed E-state index contributed by atoms with van der Waals surface area (Å²) in [6.45, 7) is 10.8. The fraction of sp³-hybridized carbons (Fsp3) is 0.286. The number of hydrogen-bond acceptors (Lipinski definition) is 4. The van der Waals surface area contributed by atoms with Gasteiger partial charge in [0.05, 0.1) is 11.1 Å². The van der Waals surface area contributed by atoms with Gasteiger partial charge in [-0.2, -0.15) is 21.6 Å². The van der Waals surface area contributed by atoms with Gasteiger partial charge < -0.3 is 5.53 Å². The molecule has 45 heavy (non-hydrogen) atoms. The molecule has 0 amide bonds. The van der Waals surface area contributed by atoms with Crippen LogP contribution in [0.25, 0.3) is 27.8 Å². The van der Waals surface area contributed by atoms with Crippen molar-refractivity contribution in [2.24, 2.45) is 0 Å². The van der Waals surface area contributed by atoms with Crippen molar-refractivity contribution < 1.29 is 30.7 Å². The van der Waals surface area contributed by atoms with Crippen LogP contribution in [0, 0.1) is 0 Å². The Bertz CT molecular complexity index is 2080. The number of hydrogen-bond donors (Lipinski definition) is 2. The summed E-state index contributed by atoms with van der Waals surface area (Å²) in [5.41, 5.74) is 15.2. The zero-order valence-corrected chi connectivity index (χ0v) is 27.6. The molecule has 0 fully saturated rings. The molecule has 2 N–H and O–H groups in total. The SMILES string of the molecule is CC(C)(C)c1cc2c(c(C(=[N+]=[N-])c3c4c(cc(C(C)(C)C)c3S(=O)(=O)O)-c3ccccc3C4)c1S(=O)(=O)O)Cc1ccccc1-2. The highest BCUT2D eigenvalue weighted by atomic mass is 32.2. The van der Waals surface area contributed by atoms with E-state index < -0.39 is 40.9 Å². The highest BCUT2D eigenvalue weighted by Gasteiger charge is 2.44. The maximum Gasteiger partial charge on any atom is 0.333 e. The standard InChI is InChI=1S/C35H34N2O6S2/c1-34(2,3)27-17-23-21-13-9-7-11-19(21)15-25(23)29(32(27)44(38,39)40)31(37-36)30-26-16-20-12-8-10-14-22(20)24(26)18-28(35(4,5)6)33(30)45(41,42)43/h7-14,17-18H,15-16H2,1-6H3,(H,38,39,40)(H,41,42,43). The molecule has 0 aliphatic heterocycles. The summed E-state index contributed by atoms with van der Waals surface area (Å²) in [5, 5.41) is 0. The summed E-state index contributed by atoms with van der Waals surface area (Å²) in [6.07, 6.45) is 0.491. The van der Waals surface area contributed by atoms with Crippen LogP contribution in [0.3, 0.4) is 0 Å². The fourth-order valence-electron chi connectivity index (χ4n) is 6.89. The number of rotatable bonds is 4. The Balaban J connectivity index is 1.86. The van der Waals surface area contributed by atoms with E-state index in [2.05, 4.69) is 4.79 Å². The number of nitrogens with zero attached hydrogens (tertiary/aromatic N) is 2. The lowest BCUT2D eigenvalue weighted by Crippen LogP contribution is -2.26. The lowest BCUT2D eigenvalue weighted by molar-refractivity contribution is -0.00339. The quantitative estimate of drug-likeness (QED) is 0.0918. The Labute approximate surface area is 263 Å². The number of fused-ring (bicyclic) bond motifs is 6. The van der Waals surface area contributed by atoms with Crippen molar-refractivity contribution >= 4 is 25.9 Å². The first-order valence-electron chi connectivity index (χ1n) is 14.6. The monoisotopic (exact) mass is 642 g/mol. The molecule has 0 bridgehead atoms. The lowest BCUT2D eigenvalue weighted by atomic mass is 9.79. The zero-order valence-electron chi connectivity index (χ0n) is 25.9. The summed E-state index contributed by atoms with van der Waals surface area (Å²) in [6, 6.07) is 18.6. The molecule has 8 nitrogen and oxygen atoms in total. The maximum absolute atomic E-state index is 13.4. The molecule has 0 radical (unpaired) electrons. The normalized spacial score (nSPS) is 14.0. The van der Waals surface area contributed by atoms with Gasteiger partial charge in [0, 0.05) is 0 Å². The molecule has 0 saturated heterocycles. The molecule has 10 heteroatoms. The van der Waals surface area contributed by atoms with Gasteiger partial charge in [0.1, 0.15) is 9.79 Å². The van der Waals surface area contributed by atoms with Gasteiger partial charge >= 0.3 is 5.71 Å². The van der Waals surface area contributed by atoms with E-state index in [1.807, 2.05) is 90.1 Å². The summed E-state index contributed by atoms with van der Waals surface area (Å²) in [5.74, 6) is 0. The Morgan fingerprint density at radius 3 is 1.31 bits per heavy atom. The maximum atomic E-state index is 13.4. The van der Waals surface area contributed by atoms with Crippen LogP contribution in [0.1, 0.15) is 86.1 Å². The minimum Gasteiger partial charge on any atom is -0.361 e. The van der Waals surface area contributed by atoms with E-state index in [4.69, 9.17) is 0 Å². The van der Waals surface area contributed by atoms with Crippen LogP contribution in [-0.2, 0) is 43.9 Å². The van der Waals surface area contributed by atoms with Crippen molar-refractivity contribution in [1.29, 1.82) is 0 Å².